The third kappa shape index (κ3) is 4.84. The highest BCUT2D eigenvalue weighted by Crippen LogP contribution is 2.22. The molecule has 0 aliphatic carbocycles. The van der Waals surface area contributed by atoms with Crippen molar-refractivity contribution in [1.82, 2.24) is 5.32 Å². The van der Waals surface area contributed by atoms with Crippen molar-refractivity contribution in [3.05, 3.63) is 29.3 Å². The standard InChI is InChI=1S/C17H26N2O3/c1-12-7-8-13(2)14(11-12)19-16(21)17(3,4)15(20)18-9-6-10-22-5/h7-8,11H,6,9-10H2,1-5H3,(H,18,20)(H,19,21). The Balaban J connectivity index is 2.69. The van der Waals surface area contributed by atoms with Crippen LogP contribution >= 0.6 is 0 Å². The van der Waals surface area contributed by atoms with Crippen LogP contribution in [-0.4, -0.2) is 32.1 Å². The zero-order valence-electron chi connectivity index (χ0n) is 14.1. The second-order valence-corrected chi connectivity index (χ2v) is 6.00. The molecule has 122 valence electrons. The highest BCUT2D eigenvalue weighted by atomic mass is 16.5. The number of nitrogens with one attached hydrogen (secondary N) is 2. The van der Waals surface area contributed by atoms with Gasteiger partial charge in [0.25, 0.3) is 0 Å². The average Bonchev–Trinajstić information content (AvgIpc) is 2.47. The van der Waals surface area contributed by atoms with Gasteiger partial charge >= 0.3 is 0 Å². The first-order chi connectivity index (χ1) is 10.3. The van der Waals surface area contributed by atoms with Crippen LogP contribution in [0.3, 0.4) is 0 Å². The molecule has 0 saturated heterocycles. The number of carbonyl (C=O) groups is 2. The lowest BCUT2D eigenvalue weighted by molar-refractivity contribution is -0.138. The van der Waals surface area contributed by atoms with Gasteiger partial charge in [-0.05, 0) is 51.3 Å². The molecule has 2 N–H and O–H groups in total. The molecule has 0 unspecified atom stereocenters. The lowest BCUT2D eigenvalue weighted by atomic mass is 9.90. The molecule has 0 saturated carbocycles. The normalized spacial score (nSPS) is 11.1. The lowest BCUT2D eigenvalue weighted by Crippen LogP contribution is -2.45. The molecule has 0 atom stereocenters. The topological polar surface area (TPSA) is 67.4 Å². The van der Waals surface area contributed by atoms with Gasteiger partial charge in [-0.2, -0.15) is 0 Å². The number of carbonyl (C=O) groups excluding carboxylic acids is 2. The Kier molecular flexibility index (Phi) is 6.56. The molecule has 1 aromatic rings. The van der Waals surface area contributed by atoms with Crippen LogP contribution in [0.4, 0.5) is 5.69 Å². The van der Waals surface area contributed by atoms with Crippen LogP contribution in [0.25, 0.3) is 0 Å². The molecule has 0 heterocycles. The monoisotopic (exact) mass is 306 g/mol. The van der Waals surface area contributed by atoms with Crippen LogP contribution in [0.1, 0.15) is 31.4 Å². The maximum absolute atomic E-state index is 12.4. The highest BCUT2D eigenvalue weighted by molar-refractivity contribution is 6.10. The van der Waals surface area contributed by atoms with Gasteiger partial charge < -0.3 is 15.4 Å². The summed E-state index contributed by atoms with van der Waals surface area (Å²) < 4.78 is 4.93. The third-order valence-corrected chi connectivity index (χ3v) is 3.59. The number of amides is 2. The molecule has 2 amide bonds. The van der Waals surface area contributed by atoms with Crippen molar-refractivity contribution in [2.75, 3.05) is 25.6 Å². The van der Waals surface area contributed by atoms with Crippen molar-refractivity contribution >= 4 is 17.5 Å². The average molecular weight is 306 g/mol. The molecule has 0 spiro atoms. The summed E-state index contributed by atoms with van der Waals surface area (Å²) in [5.74, 6) is -0.600. The van der Waals surface area contributed by atoms with E-state index < -0.39 is 5.41 Å². The predicted octanol–water partition coefficient (Wildman–Crippen LogP) is 2.42. The molecule has 1 aromatic carbocycles. The molecule has 1 rings (SSSR count). The first-order valence-corrected chi connectivity index (χ1v) is 7.45. The Labute approximate surface area is 132 Å². The van der Waals surface area contributed by atoms with E-state index in [2.05, 4.69) is 10.6 Å². The summed E-state index contributed by atoms with van der Waals surface area (Å²) in [6.07, 6.45) is 0.719. The molecule has 0 aromatic heterocycles. The minimum Gasteiger partial charge on any atom is -0.385 e. The van der Waals surface area contributed by atoms with Gasteiger partial charge in [-0.15, -0.1) is 0 Å². The predicted molar refractivity (Wildman–Crippen MR) is 87.8 cm³/mol. The summed E-state index contributed by atoms with van der Waals surface area (Å²) in [5, 5.41) is 5.62. The number of rotatable bonds is 7. The van der Waals surface area contributed by atoms with Crippen LogP contribution in [0.5, 0.6) is 0 Å². The Morgan fingerprint density at radius 3 is 2.50 bits per heavy atom. The largest absolute Gasteiger partial charge is 0.385 e. The quantitative estimate of drug-likeness (QED) is 0.600. The fourth-order valence-electron chi connectivity index (χ4n) is 1.89. The van der Waals surface area contributed by atoms with Gasteiger partial charge in [0, 0.05) is 25.9 Å². The number of anilines is 1. The van der Waals surface area contributed by atoms with E-state index in [0.29, 0.717) is 13.2 Å². The van der Waals surface area contributed by atoms with Gasteiger partial charge in [-0.1, -0.05) is 12.1 Å². The van der Waals surface area contributed by atoms with Crippen molar-refractivity contribution in [2.45, 2.75) is 34.1 Å². The van der Waals surface area contributed by atoms with Crippen molar-refractivity contribution in [1.29, 1.82) is 0 Å². The zero-order chi connectivity index (χ0) is 16.8. The van der Waals surface area contributed by atoms with Crippen LogP contribution in [-0.2, 0) is 14.3 Å². The fraction of sp³-hybridized carbons (Fsp3) is 0.529. The number of hydrogen-bond donors (Lipinski definition) is 2. The smallest absolute Gasteiger partial charge is 0.239 e. The number of aryl methyl sites for hydroxylation is 2. The highest BCUT2D eigenvalue weighted by Gasteiger charge is 2.36. The van der Waals surface area contributed by atoms with E-state index in [-0.39, 0.29) is 11.8 Å². The first-order valence-electron chi connectivity index (χ1n) is 7.45. The van der Waals surface area contributed by atoms with Crippen molar-refractivity contribution < 1.29 is 14.3 Å². The van der Waals surface area contributed by atoms with Gasteiger partial charge in [0.05, 0.1) is 0 Å². The molecular weight excluding hydrogens is 280 g/mol. The number of ether oxygens (including phenoxy) is 1. The SMILES string of the molecule is COCCCNC(=O)C(C)(C)C(=O)Nc1cc(C)ccc1C. The molecule has 0 fully saturated rings. The Morgan fingerprint density at radius 1 is 1.18 bits per heavy atom. The first kappa shape index (κ1) is 18.2. The van der Waals surface area contributed by atoms with E-state index in [4.69, 9.17) is 4.74 Å². The second kappa shape index (κ2) is 7.94. The van der Waals surface area contributed by atoms with Crippen molar-refractivity contribution in [2.24, 2.45) is 5.41 Å². The van der Waals surface area contributed by atoms with Crippen LogP contribution in [0.2, 0.25) is 0 Å². The van der Waals surface area contributed by atoms with Gasteiger partial charge in [-0.3, -0.25) is 9.59 Å². The summed E-state index contributed by atoms with van der Waals surface area (Å²) in [6.45, 7) is 8.20. The molecule has 0 aliphatic heterocycles. The summed E-state index contributed by atoms with van der Waals surface area (Å²) in [6, 6.07) is 5.83. The zero-order valence-corrected chi connectivity index (χ0v) is 14.1. The van der Waals surface area contributed by atoms with Gasteiger partial charge in [-0.25, -0.2) is 0 Å². The summed E-state index contributed by atoms with van der Waals surface area (Å²) in [5.41, 5.74) is 1.63. The fourth-order valence-corrected chi connectivity index (χ4v) is 1.89. The van der Waals surface area contributed by atoms with E-state index in [0.717, 1.165) is 23.2 Å². The van der Waals surface area contributed by atoms with E-state index in [1.807, 2.05) is 32.0 Å². The van der Waals surface area contributed by atoms with Crippen LogP contribution in [0, 0.1) is 19.3 Å². The lowest BCUT2D eigenvalue weighted by Gasteiger charge is -2.23. The number of hydrogen-bond acceptors (Lipinski definition) is 3. The van der Waals surface area contributed by atoms with Gasteiger partial charge in [0.1, 0.15) is 5.41 Å². The summed E-state index contributed by atoms with van der Waals surface area (Å²) in [7, 11) is 1.61. The minimum atomic E-state index is -1.14. The number of methoxy groups -OCH3 is 1. The molecule has 0 bridgehead atoms. The minimum absolute atomic E-state index is 0.286. The Morgan fingerprint density at radius 2 is 1.86 bits per heavy atom. The van der Waals surface area contributed by atoms with Crippen LogP contribution in [0.15, 0.2) is 18.2 Å². The maximum atomic E-state index is 12.4. The van der Waals surface area contributed by atoms with E-state index in [9.17, 15) is 9.59 Å². The maximum Gasteiger partial charge on any atom is 0.239 e. The number of benzene rings is 1. The van der Waals surface area contributed by atoms with Crippen molar-refractivity contribution in [3.8, 4) is 0 Å². The Bertz CT molecular complexity index is 539. The molecule has 0 radical (unpaired) electrons. The van der Waals surface area contributed by atoms with E-state index in [1.54, 1.807) is 21.0 Å². The third-order valence-electron chi connectivity index (χ3n) is 3.59. The summed E-state index contributed by atoms with van der Waals surface area (Å²) >= 11 is 0. The van der Waals surface area contributed by atoms with Gasteiger partial charge in [0.2, 0.25) is 11.8 Å². The van der Waals surface area contributed by atoms with E-state index >= 15 is 0 Å². The molecule has 5 nitrogen and oxygen atoms in total. The van der Waals surface area contributed by atoms with Crippen LogP contribution < -0.4 is 10.6 Å². The molecule has 22 heavy (non-hydrogen) atoms. The molecule has 5 heteroatoms. The molecular formula is C17H26N2O3. The second-order valence-electron chi connectivity index (χ2n) is 6.00. The van der Waals surface area contributed by atoms with Crippen molar-refractivity contribution in [3.63, 3.8) is 0 Å². The van der Waals surface area contributed by atoms with Gasteiger partial charge in [0.15, 0.2) is 0 Å². The Hall–Kier alpha value is -1.88. The van der Waals surface area contributed by atoms with E-state index in [1.165, 1.54) is 0 Å². The summed E-state index contributed by atoms with van der Waals surface area (Å²) in [4.78, 5) is 24.6. The molecule has 0 aliphatic rings.